The lowest BCUT2D eigenvalue weighted by molar-refractivity contribution is 0.250. The van der Waals surface area contributed by atoms with Crippen LogP contribution in [-0.2, 0) is 11.2 Å². The maximum atomic E-state index is 5.39. The van der Waals surface area contributed by atoms with E-state index in [1.54, 1.807) is 6.26 Å². The van der Waals surface area contributed by atoms with Crippen molar-refractivity contribution in [3.05, 3.63) is 54.7 Å². The first-order valence-electron chi connectivity index (χ1n) is 4.93. The molecule has 0 bridgehead atoms. The molecule has 0 unspecified atom stereocenters. The van der Waals surface area contributed by atoms with Crippen molar-refractivity contribution in [1.29, 1.82) is 0 Å². The third kappa shape index (κ3) is 4.13. The van der Waals surface area contributed by atoms with Crippen molar-refractivity contribution in [3.8, 4) is 0 Å². The van der Waals surface area contributed by atoms with Crippen molar-refractivity contribution in [3.63, 3.8) is 0 Å². The van der Waals surface area contributed by atoms with E-state index in [1.165, 1.54) is 11.1 Å². The van der Waals surface area contributed by atoms with Crippen LogP contribution in [0.1, 0.15) is 18.9 Å². The van der Waals surface area contributed by atoms with Gasteiger partial charge in [-0.05, 0) is 31.4 Å². The van der Waals surface area contributed by atoms with Crippen LogP contribution in [-0.4, -0.2) is 6.61 Å². The van der Waals surface area contributed by atoms with Crippen LogP contribution in [0.4, 0.5) is 0 Å². The molecule has 0 heterocycles. The summed E-state index contributed by atoms with van der Waals surface area (Å²) in [6.45, 7) is 6.54. The molecule has 0 N–H and O–H groups in total. The molecule has 1 radical (unpaired) electrons. The summed E-state index contributed by atoms with van der Waals surface area (Å²) in [5, 5.41) is 0. The fourth-order valence-corrected chi connectivity index (χ4v) is 1.08. The van der Waals surface area contributed by atoms with Gasteiger partial charge >= 0.3 is 0 Å². The molecule has 1 nitrogen and oxygen atoms in total. The lowest BCUT2D eigenvalue weighted by Gasteiger charge is -2.02. The maximum Gasteiger partial charge on any atom is 0.0913 e. The van der Waals surface area contributed by atoms with Crippen LogP contribution >= 0.6 is 0 Å². The SMILES string of the molecule is [CH2]CC(C)=COCCc1ccccc1. The summed E-state index contributed by atoms with van der Waals surface area (Å²) < 4.78 is 5.39. The molecule has 1 rings (SSSR count). The van der Waals surface area contributed by atoms with E-state index in [4.69, 9.17) is 4.74 Å². The average Bonchev–Trinajstić information content (AvgIpc) is 2.25. The molecule has 0 aliphatic carbocycles. The minimum Gasteiger partial charge on any atom is -0.501 e. The molecule has 0 atom stereocenters. The van der Waals surface area contributed by atoms with Crippen LogP contribution in [0.5, 0.6) is 0 Å². The zero-order chi connectivity index (χ0) is 10.2. The highest BCUT2D eigenvalue weighted by atomic mass is 16.5. The third-order valence-corrected chi connectivity index (χ3v) is 2.03. The summed E-state index contributed by atoms with van der Waals surface area (Å²) in [5.41, 5.74) is 2.49. The fraction of sp³-hybridized carbons (Fsp3) is 0.308. The first-order chi connectivity index (χ1) is 6.83. The molecule has 0 fully saturated rings. The van der Waals surface area contributed by atoms with Crippen LogP contribution in [0.15, 0.2) is 42.2 Å². The van der Waals surface area contributed by atoms with Gasteiger partial charge in [-0.2, -0.15) is 0 Å². The van der Waals surface area contributed by atoms with Crippen molar-refractivity contribution in [2.24, 2.45) is 0 Å². The molecule has 75 valence electrons. The molecule has 0 amide bonds. The molecule has 1 aromatic carbocycles. The van der Waals surface area contributed by atoms with Gasteiger partial charge in [-0.15, -0.1) is 0 Å². The molecule has 0 saturated carbocycles. The molecule has 0 aliphatic heterocycles. The molecule has 0 spiro atoms. The van der Waals surface area contributed by atoms with E-state index in [0.29, 0.717) is 0 Å². The normalized spacial score (nSPS) is 11.4. The van der Waals surface area contributed by atoms with Gasteiger partial charge < -0.3 is 4.74 Å². The molecular weight excluding hydrogens is 172 g/mol. The standard InChI is InChI=1S/C13H17O/c1-3-12(2)11-14-10-9-13-7-5-4-6-8-13/h4-8,11H,1,3,9-10H2,2H3. The van der Waals surface area contributed by atoms with Gasteiger partial charge in [0.05, 0.1) is 12.9 Å². The van der Waals surface area contributed by atoms with Crippen molar-refractivity contribution in [1.82, 2.24) is 0 Å². The molecule has 1 heteroatoms. The van der Waals surface area contributed by atoms with E-state index in [0.717, 1.165) is 19.4 Å². The van der Waals surface area contributed by atoms with Crippen molar-refractivity contribution in [2.45, 2.75) is 19.8 Å². The van der Waals surface area contributed by atoms with Crippen LogP contribution in [0.25, 0.3) is 0 Å². The second kappa shape index (κ2) is 6.25. The minimum absolute atomic E-state index is 0.737. The first kappa shape index (κ1) is 10.8. The predicted molar refractivity (Wildman–Crippen MR) is 59.8 cm³/mol. The summed E-state index contributed by atoms with van der Waals surface area (Å²) in [7, 11) is 0. The van der Waals surface area contributed by atoms with Crippen LogP contribution < -0.4 is 0 Å². The number of rotatable bonds is 5. The number of hydrogen-bond donors (Lipinski definition) is 0. The van der Waals surface area contributed by atoms with E-state index in [-0.39, 0.29) is 0 Å². The molecule has 0 aromatic heterocycles. The Hall–Kier alpha value is -1.24. The van der Waals surface area contributed by atoms with Gasteiger partial charge in [-0.3, -0.25) is 0 Å². The number of ether oxygens (including phenoxy) is 1. The second-order valence-corrected chi connectivity index (χ2v) is 3.32. The Balaban J connectivity index is 2.23. The van der Waals surface area contributed by atoms with Crippen LogP contribution in [0.3, 0.4) is 0 Å². The third-order valence-electron chi connectivity index (χ3n) is 2.03. The Morgan fingerprint density at radius 1 is 1.36 bits per heavy atom. The van der Waals surface area contributed by atoms with Gasteiger partial charge in [-0.25, -0.2) is 0 Å². The van der Waals surface area contributed by atoms with Gasteiger partial charge in [0.2, 0.25) is 0 Å². The topological polar surface area (TPSA) is 9.23 Å². The highest BCUT2D eigenvalue weighted by Crippen LogP contribution is 2.01. The molecular formula is C13H17O. The predicted octanol–water partition coefficient (Wildman–Crippen LogP) is 3.37. The average molecular weight is 189 g/mol. The van der Waals surface area contributed by atoms with E-state index in [9.17, 15) is 0 Å². The van der Waals surface area contributed by atoms with Crippen molar-refractivity contribution < 1.29 is 4.74 Å². The first-order valence-corrected chi connectivity index (χ1v) is 4.93. The Morgan fingerprint density at radius 2 is 2.07 bits per heavy atom. The largest absolute Gasteiger partial charge is 0.501 e. The van der Waals surface area contributed by atoms with Gasteiger partial charge in [0.1, 0.15) is 0 Å². The zero-order valence-corrected chi connectivity index (χ0v) is 8.70. The van der Waals surface area contributed by atoms with Crippen molar-refractivity contribution >= 4 is 0 Å². The molecule has 0 aliphatic rings. The van der Waals surface area contributed by atoms with Gasteiger partial charge in [0.25, 0.3) is 0 Å². The van der Waals surface area contributed by atoms with Crippen molar-refractivity contribution in [2.75, 3.05) is 6.61 Å². The molecule has 1 aromatic rings. The number of hydrogen-bond acceptors (Lipinski definition) is 1. The Bertz CT molecular complexity index is 275. The summed E-state index contributed by atoms with van der Waals surface area (Å²) >= 11 is 0. The maximum absolute atomic E-state index is 5.39. The smallest absolute Gasteiger partial charge is 0.0913 e. The number of benzene rings is 1. The van der Waals surface area contributed by atoms with E-state index in [1.807, 2.05) is 25.1 Å². The minimum atomic E-state index is 0.737. The highest BCUT2D eigenvalue weighted by Gasteiger charge is 1.90. The van der Waals surface area contributed by atoms with Gasteiger partial charge in [0, 0.05) is 6.42 Å². The van der Waals surface area contributed by atoms with E-state index < -0.39 is 0 Å². The van der Waals surface area contributed by atoms with Gasteiger partial charge in [0.15, 0.2) is 0 Å². The summed E-state index contributed by atoms with van der Waals surface area (Å²) in [4.78, 5) is 0. The highest BCUT2D eigenvalue weighted by molar-refractivity contribution is 5.14. The summed E-state index contributed by atoms with van der Waals surface area (Å²) in [5.74, 6) is 0. The Kier molecular flexibility index (Phi) is 4.84. The van der Waals surface area contributed by atoms with E-state index >= 15 is 0 Å². The Morgan fingerprint density at radius 3 is 2.71 bits per heavy atom. The fourth-order valence-electron chi connectivity index (χ4n) is 1.08. The summed E-state index contributed by atoms with van der Waals surface area (Å²) in [6, 6.07) is 10.3. The monoisotopic (exact) mass is 189 g/mol. The van der Waals surface area contributed by atoms with Crippen LogP contribution in [0.2, 0.25) is 0 Å². The molecule has 14 heavy (non-hydrogen) atoms. The van der Waals surface area contributed by atoms with Crippen LogP contribution in [0, 0.1) is 6.92 Å². The second-order valence-electron chi connectivity index (χ2n) is 3.32. The lowest BCUT2D eigenvalue weighted by Crippen LogP contribution is -1.93. The van der Waals surface area contributed by atoms with Gasteiger partial charge in [-0.1, -0.05) is 30.3 Å². The zero-order valence-electron chi connectivity index (χ0n) is 8.70. The quantitative estimate of drug-likeness (QED) is 0.509. The number of allylic oxidation sites excluding steroid dienone is 1. The Labute approximate surface area is 86.4 Å². The summed E-state index contributed by atoms with van der Waals surface area (Å²) in [6.07, 6.45) is 3.57. The lowest BCUT2D eigenvalue weighted by atomic mass is 10.2. The van der Waals surface area contributed by atoms with E-state index in [2.05, 4.69) is 19.1 Å². The molecule has 0 saturated heterocycles.